The largest absolute Gasteiger partial charge is 0.330 e. The predicted octanol–water partition coefficient (Wildman–Crippen LogP) is 1.28. The molecule has 16 heavy (non-hydrogen) atoms. The predicted molar refractivity (Wildman–Crippen MR) is 57.2 cm³/mol. The molecular formula is C11H12N4O. The number of hydrogen-bond donors (Lipinski definition) is 0. The van der Waals surface area contributed by atoms with Crippen molar-refractivity contribution in [1.82, 2.24) is 19.1 Å². The number of aldehydes is 1. The Morgan fingerprint density at radius 2 is 2.38 bits per heavy atom. The Labute approximate surface area is 92.7 Å². The van der Waals surface area contributed by atoms with Crippen molar-refractivity contribution < 1.29 is 4.79 Å². The van der Waals surface area contributed by atoms with Crippen LogP contribution in [-0.4, -0.2) is 25.4 Å². The smallest absolute Gasteiger partial charge is 0.185 e. The van der Waals surface area contributed by atoms with Crippen molar-refractivity contribution in [2.45, 2.75) is 25.4 Å². The van der Waals surface area contributed by atoms with Gasteiger partial charge in [0, 0.05) is 24.6 Å². The highest BCUT2D eigenvalue weighted by atomic mass is 16.1. The molecule has 5 nitrogen and oxygen atoms in total. The van der Waals surface area contributed by atoms with Gasteiger partial charge in [0.05, 0.1) is 18.6 Å². The van der Waals surface area contributed by atoms with Crippen molar-refractivity contribution >= 4 is 6.29 Å². The summed E-state index contributed by atoms with van der Waals surface area (Å²) in [6.07, 6.45) is 10.4. The van der Waals surface area contributed by atoms with Crippen molar-refractivity contribution in [3.63, 3.8) is 0 Å². The molecule has 0 radical (unpaired) electrons. The Morgan fingerprint density at radius 1 is 1.50 bits per heavy atom. The molecule has 2 aromatic rings. The molecule has 0 aromatic carbocycles. The molecule has 0 N–H and O–H groups in total. The minimum absolute atomic E-state index is 0.462. The summed E-state index contributed by atoms with van der Waals surface area (Å²) in [7, 11) is 0. The van der Waals surface area contributed by atoms with E-state index in [0.717, 1.165) is 12.0 Å². The summed E-state index contributed by atoms with van der Waals surface area (Å²) in [5.41, 5.74) is 1.13. The van der Waals surface area contributed by atoms with E-state index in [1.165, 1.54) is 12.8 Å². The van der Waals surface area contributed by atoms with Gasteiger partial charge in [-0.25, -0.2) is 9.97 Å². The maximum absolute atomic E-state index is 10.7. The lowest BCUT2D eigenvalue weighted by molar-refractivity contribution is 0.111. The van der Waals surface area contributed by atoms with Crippen LogP contribution in [0.1, 0.15) is 35.2 Å². The molecule has 1 fully saturated rings. The molecule has 82 valence electrons. The molecule has 0 amide bonds. The Hall–Kier alpha value is -1.91. The highest BCUT2D eigenvalue weighted by Crippen LogP contribution is 2.35. The Bertz CT molecular complexity index is 510. The van der Waals surface area contributed by atoms with Crippen LogP contribution in [0.4, 0.5) is 0 Å². The highest BCUT2D eigenvalue weighted by molar-refractivity contribution is 5.69. The zero-order valence-electron chi connectivity index (χ0n) is 8.78. The third kappa shape index (κ3) is 1.54. The fourth-order valence-electron chi connectivity index (χ4n) is 1.88. The lowest BCUT2D eigenvalue weighted by Crippen LogP contribution is -2.08. The van der Waals surface area contributed by atoms with Gasteiger partial charge in [-0.15, -0.1) is 0 Å². The molecule has 2 heterocycles. The van der Waals surface area contributed by atoms with E-state index in [-0.39, 0.29) is 0 Å². The van der Waals surface area contributed by atoms with Crippen LogP contribution in [-0.2, 0) is 6.54 Å². The molecule has 0 aliphatic heterocycles. The van der Waals surface area contributed by atoms with Crippen molar-refractivity contribution in [2.24, 2.45) is 0 Å². The second-order valence-corrected chi connectivity index (χ2v) is 4.05. The van der Waals surface area contributed by atoms with Gasteiger partial charge in [-0.3, -0.25) is 4.79 Å². The van der Waals surface area contributed by atoms with Gasteiger partial charge in [-0.2, -0.15) is 0 Å². The molecule has 0 spiro atoms. The average molecular weight is 216 g/mol. The van der Waals surface area contributed by atoms with Crippen LogP contribution < -0.4 is 0 Å². The van der Waals surface area contributed by atoms with E-state index in [4.69, 9.17) is 0 Å². The Balaban J connectivity index is 1.88. The van der Waals surface area contributed by atoms with Crippen LogP contribution in [0.5, 0.6) is 0 Å². The molecule has 5 heteroatoms. The highest BCUT2D eigenvalue weighted by Gasteiger charge is 2.25. The maximum Gasteiger partial charge on any atom is 0.185 e. The van der Waals surface area contributed by atoms with Gasteiger partial charge < -0.3 is 9.13 Å². The number of rotatable bonds is 4. The van der Waals surface area contributed by atoms with Crippen LogP contribution in [0.2, 0.25) is 0 Å². The van der Waals surface area contributed by atoms with Gasteiger partial charge in [0.15, 0.2) is 12.1 Å². The molecular weight excluding hydrogens is 204 g/mol. The van der Waals surface area contributed by atoms with Crippen LogP contribution in [0.15, 0.2) is 24.9 Å². The van der Waals surface area contributed by atoms with Gasteiger partial charge in [0.25, 0.3) is 0 Å². The van der Waals surface area contributed by atoms with Crippen LogP contribution in [0.3, 0.4) is 0 Å². The number of imidazole rings is 2. The number of carbonyl (C=O) groups is 1. The Kier molecular flexibility index (Phi) is 2.09. The first-order valence-corrected chi connectivity index (χ1v) is 5.35. The zero-order valence-corrected chi connectivity index (χ0v) is 8.78. The number of nitrogens with zero attached hydrogens (tertiary/aromatic N) is 4. The van der Waals surface area contributed by atoms with Crippen LogP contribution in [0, 0.1) is 0 Å². The van der Waals surface area contributed by atoms with E-state index in [1.807, 2.05) is 23.3 Å². The molecule has 0 atom stereocenters. The second kappa shape index (κ2) is 3.59. The molecule has 0 bridgehead atoms. The summed E-state index contributed by atoms with van der Waals surface area (Å²) >= 11 is 0. The summed E-state index contributed by atoms with van der Waals surface area (Å²) in [4.78, 5) is 18.9. The standard InChI is InChI=1S/C11H12N4O/c16-7-11-13-3-4-14(11)6-10-5-12-8-15(10)9-1-2-9/h3-5,7-9H,1-2,6H2. The minimum Gasteiger partial charge on any atom is -0.330 e. The molecule has 1 saturated carbocycles. The fraction of sp³-hybridized carbons (Fsp3) is 0.364. The Morgan fingerprint density at radius 3 is 3.12 bits per heavy atom. The molecule has 0 saturated heterocycles. The lowest BCUT2D eigenvalue weighted by Gasteiger charge is -2.07. The van der Waals surface area contributed by atoms with Gasteiger partial charge in [-0.05, 0) is 12.8 Å². The van der Waals surface area contributed by atoms with Crippen molar-refractivity contribution in [1.29, 1.82) is 0 Å². The van der Waals surface area contributed by atoms with E-state index >= 15 is 0 Å². The summed E-state index contributed by atoms with van der Waals surface area (Å²) in [6, 6.07) is 0.612. The summed E-state index contributed by atoms with van der Waals surface area (Å²) < 4.78 is 4.03. The summed E-state index contributed by atoms with van der Waals surface area (Å²) in [6.45, 7) is 0.657. The molecule has 1 aliphatic rings. The summed E-state index contributed by atoms with van der Waals surface area (Å²) in [5, 5.41) is 0. The van der Waals surface area contributed by atoms with Gasteiger partial charge in [-0.1, -0.05) is 0 Å². The zero-order chi connectivity index (χ0) is 11.0. The van der Waals surface area contributed by atoms with Gasteiger partial charge in [0.2, 0.25) is 0 Å². The van der Waals surface area contributed by atoms with E-state index < -0.39 is 0 Å². The average Bonchev–Trinajstić information content (AvgIpc) is 2.88. The van der Waals surface area contributed by atoms with Gasteiger partial charge in [0.1, 0.15) is 0 Å². The van der Waals surface area contributed by atoms with E-state index in [0.29, 0.717) is 18.4 Å². The topological polar surface area (TPSA) is 52.7 Å². The monoisotopic (exact) mass is 216 g/mol. The molecule has 3 rings (SSSR count). The third-order valence-electron chi connectivity index (χ3n) is 2.87. The van der Waals surface area contributed by atoms with Crippen molar-refractivity contribution in [2.75, 3.05) is 0 Å². The quantitative estimate of drug-likeness (QED) is 0.723. The lowest BCUT2D eigenvalue weighted by atomic mass is 10.4. The van der Waals surface area contributed by atoms with E-state index in [1.54, 1.807) is 6.20 Å². The van der Waals surface area contributed by atoms with E-state index in [9.17, 15) is 4.79 Å². The van der Waals surface area contributed by atoms with Crippen molar-refractivity contribution in [3.8, 4) is 0 Å². The molecule has 2 aromatic heterocycles. The normalized spacial score (nSPS) is 15.2. The third-order valence-corrected chi connectivity index (χ3v) is 2.87. The fourth-order valence-corrected chi connectivity index (χ4v) is 1.88. The van der Waals surface area contributed by atoms with E-state index in [2.05, 4.69) is 14.5 Å². The number of carbonyl (C=O) groups excluding carboxylic acids is 1. The van der Waals surface area contributed by atoms with Gasteiger partial charge >= 0.3 is 0 Å². The maximum atomic E-state index is 10.7. The first-order chi connectivity index (χ1) is 7.88. The first-order valence-electron chi connectivity index (χ1n) is 5.35. The summed E-state index contributed by atoms with van der Waals surface area (Å²) in [5.74, 6) is 0.462. The van der Waals surface area contributed by atoms with Crippen LogP contribution in [0.25, 0.3) is 0 Å². The molecule has 0 unspecified atom stereocenters. The van der Waals surface area contributed by atoms with Crippen LogP contribution >= 0.6 is 0 Å². The van der Waals surface area contributed by atoms with Crippen molar-refractivity contribution in [3.05, 3.63) is 36.4 Å². The first kappa shape index (κ1) is 9.33. The number of hydrogen-bond acceptors (Lipinski definition) is 3. The second-order valence-electron chi connectivity index (χ2n) is 4.05. The number of aromatic nitrogens is 4. The SMILES string of the molecule is O=Cc1nccn1Cc1cncn1C1CC1. The molecule has 1 aliphatic carbocycles. The minimum atomic E-state index is 0.462.